The lowest BCUT2D eigenvalue weighted by atomic mass is 9.91. The van der Waals surface area contributed by atoms with E-state index in [-0.39, 0.29) is 13.1 Å². The van der Waals surface area contributed by atoms with Crippen LogP contribution in [0.25, 0.3) is 0 Å². The Kier molecular flexibility index (Phi) is 2.47. The highest BCUT2D eigenvalue weighted by Gasteiger charge is 2.54. The topological polar surface area (TPSA) is 52.9 Å². The third-order valence-electron chi connectivity index (χ3n) is 2.21. The first-order valence-electron chi connectivity index (χ1n) is 3.76. The van der Waals surface area contributed by atoms with E-state index in [1.54, 1.807) is 0 Å². The van der Waals surface area contributed by atoms with Crippen LogP contribution in [0.15, 0.2) is 5.29 Å². The first kappa shape index (κ1) is 10.2. The van der Waals surface area contributed by atoms with Crippen molar-refractivity contribution < 1.29 is 18.3 Å². The van der Waals surface area contributed by atoms with Crippen LogP contribution in [0.1, 0.15) is 12.8 Å². The molecule has 7 heteroatoms. The molecule has 0 amide bonds. The van der Waals surface area contributed by atoms with E-state index in [1.165, 1.54) is 0 Å². The van der Waals surface area contributed by atoms with Crippen molar-refractivity contribution in [2.24, 2.45) is 5.29 Å². The Hall–Kier alpha value is -0.850. The van der Waals surface area contributed by atoms with E-state index < -0.39 is 24.6 Å². The molecule has 1 rings (SSSR count). The molecule has 1 heterocycles. The SMILES string of the molecule is O=NN1CCC(O)(C(F)(F)F)CC1. The van der Waals surface area contributed by atoms with Crippen LogP contribution in [0.3, 0.4) is 0 Å². The lowest BCUT2D eigenvalue weighted by Crippen LogP contribution is -2.52. The van der Waals surface area contributed by atoms with Gasteiger partial charge >= 0.3 is 6.18 Å². The molecule has 0 spiro atoms. The molecule has 1 N–H and O–H groups in total. The van der Waals surface area contributed by atoms with E-state index in [1.807, 2.05) is 0 Å². The molecule has 0 radical (unpaired) electrons. The second-order valence-corrected chi connectivity index (χ2v) is 3.06. The number of halogens is 3. The average molecular weight is 198 g/mol. The molecule has 1 aliphatic heterocycles. The van der Waals surface area contributed by atoms with Gasteiger partial charge in [-0.15, -0.1) is 4.91 Å². The van der Waals surface area contributed by atoms with Crippen molar-refractivity contribution in [2.45, 2.75) is 24.6 Å². The zero-order chi connectivity index (χ0) is 10.1. The number of hydrogen-bond acceptors (Lipinski definition) is 3. The summed E-state index contributed by atoms with van der Waals surface area (Å²) in [6, 6.07) is 0. The van der Waals surface area contributed by atoms with Crippen LogP contribution in [0.2, 0.25) is 0 Å². The molecule has 0 atom stereocenters. The Balaban J connectivity index is 2.61. The zero-order valence-corrected chi connectivity index (χ0v) is 6.71. The summed E-state index contributed by atoms with van der Waals surface area (Å²) in [7, 11) is 0. The van der Waals surface area contributed by atoms with E-state index >= 15 is 0 Å². The first-order chi connectivity index (χ1) is 5.89. The number of hydrogen-bond donors (Lipinski definition) is 1. The summed E-state index contributed by atoms with van der Waals surface area (Å²) in [5.41, 5.74) is -2.64. The van der Waals surface area contributed by atoms with E-state index in [4.69, 9.17) is 5.11 Å². The van der Waals surface area contributed by atoms with Gasteiger partial charge in [0.25, 0.3) is 0 Å². The largest absolute Gasteiger partial charge is 0.417 e. The van der Waals surface area contributed by atoms with Crippen molar-refractivity contribution in [3.05, 3.63) is 4.91 Å². The number of piperidine rings is 1. The smallest absolute Gasteiger partial charge is 0.380 e. The van der Waals surface area contributed by atoms with Gasteiger partial charge in [-0.25, -0.2) is 0 Å². The normalized spacial score (nSPS) is 22.9. The van der Waals surface area contributed by atoms with Gasteiger partial charge < -0.3 is 5.11 Å². The van der Waals surface area contributed by atoms with Gasteiger partial charge in [0.05, 0.1) is 5.29 Å². The van der Waals surface area contributed by atoms with Crippen LogP contribution < -0.4 is 0 Å². The number of nitroso groups, excluding NO2 is 1. The summed E-state index contributed by atoms with van der Waals surface area (Å²) in [5.74, 6) is 0. The van der Waals surface area contributed by atoms with E-state index in [9.17, 15) is 18.1 Å². The number of nitrogens with zero attached hydrogens (tertiary/aromatic N) is 2. The van der Waals surface area contributed by atoms with E-state index in [0.717, 1.165) is 5.01 Å². The van der Waals surface area contributed by atoms with Crippen LogP contribution >= 0.6 is 0 Å². The Morgan fingerprint density at radius 2 is 1.77 bits per heavy atom. The summed E-state index contributed by atoms with van der Waals surface area (Å²) in [4.78, 5) is 9.93. The molecule has 0 saturated carbocycles. The van der Waals surface area contributed by atoms with Gasteiger partial charge in [-0.3, -0.25) is 5.01 Å². The van der Waals surface area contributed by atoms with Crippen molar-refractivity contribution in [1.29, 1.82) is 0 Å². The highest BCUT2D eigenvalue weighted by molar-refractivity contribution is 4.91. The summed E-state index contributed by atoms with van der Waals surface area (Å²) >= 11 is 0. The second kappa shape index (κ2) is 3.13. The Bertz CT molecular complexity index is 199. The molecule has 0 aromatic rings. The zero-order valence-electron chi connectivity index (χ0n) is 6.71. The third kappa shape index (κ3) is 1.90. The van der Waals surface area contributed by atoms with Crippen LogP contribution in [0.5, 0.6) is 0 Å². The monoisotopic (exact) mass is 198 g/mol. The van der Waals surface area contributed by atoms with Crippen LogP contribution in [0, 0.1) is 4.91 Å². The molecular weight excluding hydrogens is 189 g/mol. The van der Waals surface area contributed by atoms with Crippen molar-refractivity contribution in [3.63, 3.8) is 0 Å². The predicted molar refractivity (Wildman–Crippen MR) is 37.6 cm³/mol. The van der Waals surface area contributed by atoms with Gasteiger partial charge in [-0.05, 0) is 0 Å². The number of rotatable bonds is 1. The summed E-state index contributed by atoms with van der Waals surface area (Å²) in [6.07, 6.45) is -5.62. The van der Waals surface area contributed by atoms with Crippen molar-refractivity contribution in [1.82, 2.24) is 5.01 Å². The maximum absolute atomic E-state index is 12.2. The summed E-state index contributed by atoms with van der Waals surface area (Å²) < 4.78 is 36.5. The maximum Gasteiger partial charge on any atom is 0.417 e. The molecule has 1 aliphatic rings. The standard InChI is InChI=1S/C6H9F3N2O2/c7-6(8,9)5(12)1-3-11(10-13)4-2-5/h12H,1-4H2. The number of alkyl halides is 3. The number of aliphatic hydroxyl groups is 1. The Morgan fingerprint density at radius 3 is 2.08 bits per heavy atom. The molecular formula is C6H9F3N2O2. The highest BCUT2D eigenvalue weighted by Crippen LogP contribution is 2.38. The molecule has 76 valence electrons. The van der Waals surface area contributed by atoms with Gasteiger partial charge in [0.2, 0.25) is 0 Å². The van der Waals surface area contributed by atoms with Gasteiger partial charge in [0, 0.05) is 25.9 Å². The lowest BCUT2D eigenvalue weighted by molar-refractivity contribution is -0.272. The average Bonchev–Trinajstić information content (AvgIpc) is 2.04. The molecule has 0 aromatic heterocycles. The molecule has 1 saturated heterocycles. The maximum atomic E-state index is 12.2. The van der Waals surface area contributed by atoms with Crippen LogP contribution in [0.4, 0.5) is 13.2 Å². The minimum Gasteiger partial charge on any atom is -0.380 e. The van der Waals surface area contributed by atoms with Gasteiger partial charge in [0.1, 0.15) is 0 Å². The predicted octanol–water partition coefficient (Wildman–Crippen LogP) is 1.06. The van der Waals surface area contributed by atoms with Gasteiger partial charge in [-0.1, -0.05) is 0 Å². The fourth-order valence-corrected chi connectivity index (χ4v) is 1.23. The van der Waals surface area contributed by atoms with E-state index in [2.05, 4.69) is 5.29 Å². The molecule has 0 aromatic carbocycles. The molecule has 0 bridgehead atoms. The quantitative estimate of drug-likeness (QED) is 0.641. The Morgan fingerprint density at radius 1 is 1.31 bits per heavy atom. The van der Waals surface area contributed by atoms with Crippen molar-refractivity contribution in [3.8, 4) is 0 Å². The molecule has 4 nitrogen and oxygen atoms in total. The molecule has 0 aliphatic carbocycles. The van der Waals surface area contributed by atoms with Gasteiger partial charge in [-0.2, -0.15) is 13.2 Å². The minimum atomic E-state index is -4.62. The lowest BCUT2D eigenvalue weighted by Gasteiger charge is -2.36. The minimum absolute atomic E-state index is 0.153. The van der Waals surface area contributed by atoms with Crippen molar-refractivity contribution >= 4 is 0 Å². The third-order valence-corrected chi connectivity index (χ3v) is 2.21. The van der Waals surface area contributed by atoms with Crippen LogP contribution in [-0.2, 0) is 0 Å². The fourth-order valence-electron chi connectivity index (χ4n) is 1.23. The Labute approximate surface area is 72.3 Å². The second-order valence-electron chi connectivity index (χ2n) is 3.06. The van der Waals surface area contributed by atoms with Crippen molar-refractivity contribution in [2.75, 3.05) is 13.1 Å². The fraction of sp³-hybridized carbons (Fsp3) is 1.00. The summed E-state index contributed by atoms with van der Waals surface area (Å²) in [6.45, 7) is -0.307. The molecule has 13 heavy (non-hydrogen) atoms. The highest BCUT2D eigenvalue weighted by atomic mass is 19.4. The van der Waals surface area contributed by atoms with Crippen LogP contribution in [-0.4, -0.2) is 35.0 Å². The molecule has 0 unspecified atom stereocenters. The first-order valence-corrected chi connectivity index (χ1v) is 3.76. The molecule has 1 fully saturated rings. The van der Waals surface area contributed by atoms with E-state index in [0.29, 0.717) is 0 Å². The summed E-state index contributed by atoms with van der Waals surface area (Å²) in [5, 5.41) is 12.6. The van der Waals surface area contributed by atoms with Gasteiger partial charge in [0.15, 0.2) is 5.60 Å².